The lowest BCUT2D eigenvalue weighted by molar-refractivity contribution is -0.384. The van der Waals surface area contributed by atoms with Crippen molar-refractivity contribution in [2.24, 2.45) is 10.2 Å². The van der Waals surface area contributed by atoms with E-state index in [0.29, 0.717) is 22.8 Å². The minimum absolute atomic E-state index is 0.0249. The number of carbonyl (C=O) groups excluding carboxylic acids is 1. The molecule has 0 saturated heterocycles. The van der Waals surface area contributed by atoms with Crippen molar-refractivity contribution in [1.29, 1.82) is 0 Å². The molecule has 0 atom stereocenters. The third-order valence-corrected chi connectivity index (χ3v) is 4.05. The van der Waals surface area contributed by atoms with Crippen LogP contribution in [0.2, 0.25) is 0 Å². The van der Waals surface area contributed by atoms with Crippen molar-refractivity contribution in [1.82, 2.24) is 0 Å². The SMILES string of the molecule is CCN(CC)c1cc(NC(C)=O)c(N=Nc2ccc([N+](=O)[O-])cc2)cc1OC. The summed E-state index contributed by atoms with van der Waals surface area (Å²) < 4.78 is 5.49. The maximum atomic E-state index is 11.6. The number of hydrogen-bond donors (Lipinski definition) is 1. The van der Waals surface area contributed by atoms with E-state index in [2.05, 4.69) is 20.4 Å². The van der Waals surface area contributed by atoms with Gasteiger partial charge in [-0.2, -0.15) is 5.11 Å². The van der Waals surface area contributed by atoms with Crippen LogP contribution in [0, 0.1) is 10.1 Å². The molecule has 28 heavy (non-hydrogen) atoms. The highest BCUT2D eigenvalue weighted by Crippen LogP contribution is 2.39. The number of methoxy groups -OCH3 is 1. The molecule has 0 saturated carbocycles. The molecular weight excluding hydrogens is 362 g/mol. The lowest BCUT2D eigenvalue weighted by Gasteiger charge is -2.24. The van der Waals surface area contributed by atoms with Gasteiger partial charge in [-0.05, 0) is 32.0 Å². The van der Waals surface area contributed by atoms with Crippen molar-refractivity contribution in [3.63, 3.8) is 0 Å². The Hall–Kier alpha value is -3.49. The predicted molar refractivity (Wildman–Crippen MR) is 108 cm³/mol. The maximum absolute atomic E-state index is 11.6. The maximum Gasteiger partial charge on any atom is 0.269 e. The fourth-order valence-corrected chi connectivity index (χ4v) is 2.66. The molecule has 0 aliphatic heterocycles. The topological polar surface area (TPSA) is 109 Å². The van der Waals surface area contributed by atoms with Crippen LogP contribution in [0.3, 0.4) is 0 Å². The zero-order valence-corrected chi connectivity index (χ0v) is 16.3. The molecule has 1 N–H and O–H groups in total. The molecule has 0 heterocycles. The van der Waals surface area contributed by atoms with E-state index in [1.807, 2.05) is 13.8 Å². The molecule has 0 bridgehead atoms. The highest BCUT2D eigenvalue weighted by molar-refractivity contribution is 5.93. The summed E-state index contributed by atoms with van der Waals surface area (Å²) in [6.07, 6.45) is 0. The van der Waals surface area contributed by atoms with Crippen LogP contribution in [0.15, 0.2) is 46.6 Å². The number of azo groups is 1. The number of nitrogens with zero attached hydrogens (tertiary/aromatic N) is 4. The summed E-state index contributed by atoms with van der Waals surface area (Å²) in [5.74, 6) is 0.373. The fraction of sp³-hybridized carbons (Fsp3) is 0.316. The van der Waals surface area contributed by atoms with Gasteiger partial charge in [0.1, 0.15) is 11.4 Å². The van der Waals surface area contributed by atoms with E-state index in [4.69, 9.17) is 4.74 Å². The number of nitrogens with one attached hydrogen (secondary N) is 1. The molecular formula is C19H23N5O4. The monoisotopic (exact) mass is 385 g/mol. The molecule has 0 fully saturated rings. The average Bonchev–Trinajstić information content (AvgIpc) is 2.68. The molecule has 148 valence electrons. The van der Waals surface area contributed by atoms with Gasteiger partial charge in [-0.25, -0.2) is 0 Å². The fourth-order valence-electron chi connectivity index (χ4n) is 2.66. The van der Waals surface area contributed by atoms with E-state index in [9.17, 15) is 14.9 Å². The van der Waals surface area contributed by atoms with Crippen molar-refractivity contribution in [2.75, 3.05) is 30.4 Å². The van der Waals surface area contributed by atoms with Crippen molar-refractivity contribution >= 4 is 34.3 Å². The minimum atomic E-state index is -0.480. The summed E-state index contributed by atoms with van der Waals surface area (Å²) in [5.41, 5.74) is 2.18. The lowest BCUT2D eigenvalue weighted by atomic mass is 10.2. The molecule has 2 rings (SSSR count). The van der Waals surface area contributed by atoms with Crippen LogP contribution in [0.4, 0.5) is 28.4 Å². The first-order chi connectivity index (χ1) is 13.4. The van der Waals surface area contributed by atoms with E-state index in [1.54, 1.807) is 19.2 Å². The summed E-state index contributed by atoms with van der Waals surface area (Å²) in [6.45, 7) is 7.02. The number of nitro benzene ring substituents is 1. The Morgan fingerprint density at radius 2 is 1.82 bits per heavy atom. The number of carbonyl (C=O) groups is 1. The molecule has 0 spiro atoms. The summed E-state index contributed by atoms with van der Waals surface area (Å²) in [6, 6.07) is 9.22. The van der Waals surface area contributed by atoms with Crippen molar-refractivity contribution in [3.05, 3.63) is 46.5 Å². The van der Waals surface area contributed by atoms with Gasteiger partial charge in [0.2, 0.25) is 5.91 Å². The zero-order valence-electron chi connectivity index (χ0n) is 16.3. The van der Waals surface area contributed by atoms with Gasteiger partial charge >= 0.3 is 0 Å². The van der Waals surface area contributed by atoms with Crippen molar-refractivity contribution in [2.45, 2.75) is 20.8 Å². The molecule has 0 unspecified atom stereocenters. The number of nitro groups is 1. The highest BCUT2D eigenvalue weighted by Gasteiger charge is 2.15. The van der Waals surface area contributed by atoms with Gasteiger partial charge in [0, 0.05) is 38.2 Å². The zero-order chi connectivity index (χ0) is 20.7. The van der Waals surface area contributed by atoms with E-state index < -0.39 is 4.92 Å². The second kappa shape index (κ2) is 9.45. The van der Waals surface area contributed by atoms with Crippen molar-refractivity contribution < 1.29 is 14.5 Å². The quantitative estimate of drug-likeness (QED) is 0.398. The Labute approximate surface area is 163 Å². The third-order valence-electron chi connectivity index (χ3n) is 4.05. The number of ether oxygens (including phenoxy) is 1. The van der Waals surface area contributed by atoms with Gasteiger partial charge in [0.25, 0.3) is 5.69 Å². The van der Waals surface area contributed by atoms with E-state index in [0.717, 1.165) is 18.8 Å². The van der Waals surface area contributed by atoms with E-state index >= 15 is 0 Å². The Morgan fingerprint density at radius 3 is 2.32 bits per heavy atom. The second-order valence-electron chi connectivity index (χ2n) is 5.87. The van der Waals surface area contributed by atoms with Gasteiger partial charge < -0.3 is 15.0 Å². The number of benzene rings is 2. The molecule has 9 heteroatoms. The van der Waals surface area contributed by atoms with Crippen LogP contribution in [0.25, 0.3) is 0 Å². The normalized spacial score (nSPS) is 10.7. The van der Waals surface area contributed by atoms with Crippen LogP contribution in [-0.4, -0.2) is 31.0 Å². The molecule has 2 aromatic carbocycles. The smallest absolute Gasteiger partial charge is 0.269 e. The summed E-state index contributed by atoms with van der Waals surface area (Å²) >= 11 is 0. The molecule has 2 aromatic rings. The Kier molecular flexibility index (Phi) is 7.02. The summed E-state index contributed by atoms with van der Waals surface area (Å²) in [4.78, 5) is 24.0. The molecule has 0 radical (unpaired) electrons. The Bertz CT molecular complexity index is 877. The van der Waals surface area contributed by atoms with Crippen LogP contribution in [-0.2, 0) is 4.79 Å². The largest absolute Gasteiger partial charge is 0.494 e. The van der Waals surface area contributed by atoms with Crippen LogP contribution in [0.5, 0.6) is 5.75 Å². The molecule has 0 aromatic heterocycles. The Morgan fingerprint density at radius 1 is 1.18 bits per heavy atom. The standard InChI is InChI=1S/C19H23N5O4/c1-5-23(6-2)18-11-16(20-13(3)25)17(12-19(18)28-4)22-21-14-7-9-15(10-8-14)24(26)27/h7-12H,5-6H2,1-4H3,(H,20,25). The summed E-state index contributed by atoms with van der Waals surface area (Å²) in [5, 5.41) is 21.8. The minimum Gasteiger partial charge on any atom is -0.494 e. The predicted octanol–water partition coefficient (Wildman–Crippen LogP) is 4.82. The average molecular weight is 385 g/mol. The van der Waals surface area contributed by atoms with Gasteiger partial charge in [-0.1, -0.05) is 0 Å². The number of hydrogen-bond acceptors (Lipinski definition) is 7. The summed E-state index contributed by atoms with van der Waals surface area (Å²) in [7, 11) is 1.57. The number of anilines is 2. The van der Waals surface area contributed by atoms with Gasteiger partial charge in [-0.3, -0.25) is 14.9 Å². The number of rotatable bonds is 8. The van der Waals surface area contributed by atoms with Crippen LogP contribution >= 0.6 is 0 Å². The first kappa shape index (κ1) is 20.8. The highest BCUT2D eigenvalue weighted by atomic mass is 16.6. The number of non-ortho nitro benzene ring substituents is 1. The third kappa shape index (κ3) is 5.03. The van der Waals surface area contributed by atoms with Crippen LogP contribution in [0.1, 0.15) is 20.8 Å². The molecule has 1 amide bonds. The molecule has 9 nitrogen and oxygen atoms in total. The van der Waals surface area contributed by atoms with Crippen molar-refractivity contribution in [3.8, 4) is 5.75 Å². The first-order valence-corrected chi connectivity index (χ1v) is 8.80. The lowest BCUT2D eigenvalue weighted by Crippen LogP contribution is -2.22. The number of amides is 1. The Balaban J connectivity index is 2.45. The molecule has 0 aliphatic rings. The second-order valence-corrected chi connectivity index (χ2v) is 5.87. The first-order valence-electron chi connectivity index (χ1n) is 8.80. The van der Waals surface area contributed by atoms with Gasteiger partial charge in [0.05, 0.1) is 29.1 Å². The van der Waals surface area contributed by atoms with E-state index in [1.165, 1.54) is 31.2 Å². The molecule has 0 aliphatic carbocycles. The van der Waals surface area contributed by atoms with Crippen LogP contribution < -0.4 is 15.0 Å². The van der Waals surface area contributed by atoms with Gasteiger partial charge in [-0.15, -0.1) is 5.11 Å². The van der Waals surface area contributed by atoms with Gasteiger partial charge in [0.15, 0.2) is 0 Å². The van der Waals surface area contributed by atoms with E-state index in [-0.39, 0.29) is 11.6 Å².